The lowest BCUT2D eigenvalue weighted by atomic mass is 10.3. The molecule has 0 radical (unpaired) electrons. The van der Waals surface area contributed by atoms with Crippen molar-refractivity contribution >= 4 is 17.4 Å². The van der Waals surface area contributed by atoms with Gasteiger partial charge in [-0.15, -0.1) is 23.4 Å². The number of para-hydroxylation sites is 2. The first kappa shape index (κ1) is 22.6. The monoisotopic (exact) mass is 470 g/mol. The van der Waals surface area contributed by atoms with Crippen molar-refractivity contribution in [3.8, 4) is 23.2 Å². The second-order valence-electron chi connectivity index (χ2n) is 6.82. The lowest BCUT2D eigenvalue weighted by Crippen LogP contribution is -2.22. The van der Waals surface area contributed by atoms with Crippen molar-refractivity contribution in [3.63, 3.8) is 0 Å². The van der Waals surface area contributed by atoms with E-state index in [1.54, 1.807) is 53.4 Å². The van der Waals surface area contributed by atoms with Crippen molar-refractivity contribution in [2.45, 2.75) is 13.3 Å². The number of hydrogen-bond donors (Lipinski definition) is 2. The molecule has 174 valence electrons. The molecule has 0 saturated heterocycles. The van der Waals surface area contributed by atoms with Crippen LogP contribution < -0.4 is 20.1 Å². The van der Waals surface area contributed by atoms with Gasteiger partial charge in [0.2, 0.25) is 5.88 Å². The number of aromatic nitrogens is 4. The molecule has 2 aromatic carbocycles. The molecule has 34 heavy (non-hydrogen) atoms. The summed E-state index contributed by atoms with van der Waals surface area (Å²) in [5, 5.41) is 13.0. The van der Waals surface area contributed by atoms with E-state index in [0.29, 0.717) is 17.3 Å². The van der Waals surface area contributed by atoms with Gasteiger partial charge in [-0.2, -0.15) is 0 Å². The van der Waals surface area contributed by atoms with Crippen LogP contribution in [0.3, 0.4) is 0 Å². The number of aryl methyl sites for hydroxylation is 1. The van der Waals surface area contributed by atoms with E-state index in [1.807, 2.05) is 6.92 Å². The molecule has 0 atom stereocenters. The number of hydrogen-bond acceptors (Lipinski definition) is 6. The number of benzene rings is 2. The highest BCUT2D eigenvalue weighted by atomic mass is 19.4. The molecule has 4 aromatic rings. The standard InChI is InChI=1S/C22H17F3N6O3/c1-14-26-12-13-31(14)19-10-11-20(30-29-19)33-16-8-6-15(7-9-16)27-21(32)28-17-4-2-3-5-18(17)34-22(23,24)25/h2-13H,1H3,(H2,27,28,32). The van der Waals surface area contributed by atoms with Crippen LogP contribution in [0.15, 0.2) is 73.1 Å². The largest absolute Gasteiger partial charge is 0.573 e. The van der Waals surface area contributed by atoms with Gasteiger partial charge in [0.25, 0.3) is 0 Å². The van der Waals surface area contributed by atoms with Crippen molar-refractivity contribution in [2.75, 3.05) is 10.6 Å². The minimum Gasteiger partial charge on any atom is -0.438 e. The highest BCUT2D eigenvalue weighted by molar-refractivity contribution is 6.00. The summed E-state index contributed by atoms with van der Waals surface area (Å²) >= 11 is 0. The summed E-state index contributed by atoms with van der Waals surface area (Å²) in [6.45, 7) is 1.84. The number of imidazole rings is 1. The molecule has 0 bridgehead atoms. The molecule has 0 spiro atoms. The lowest BCUT2D eigenvalue weighted by molar-refractivity contribution is -0.274. The van der Waals surface area contributed by atoms with Gasteiger partial charge in [0.05, 0.1) is 5.69 Å². The van der Waals surface area contributed by atoms with E-state index in [9.17, 15) is 18.0 Å². The van der Waals surface area contributed by atoms with Gasteiger partial charge in [-0.25, -0.2) is 9.78 Å². The Labute approximate surface area is 191 Å². The molecule has 0 aliphatic heterocycles. The topological polar surface area (TPSA) is 103 Å². The van der Waals surface area contributed by atoms with E-state index >= 15 is 0 Å². The Kier molecular flexibility index (Phi) is 6.30. The number of halogens is 3. The zero-order valence-electron chi connectivity index (χ0n) is 17.6. The molecule has 0 aliphatic carbocycles. The van der Waals surface area contributed by atoms with Crippen LogP contribution >= 0.6 is 0 Å². The average Bonchev–Trinajstić information content (AvgIpc) is 3.22. The van der Waals surface area contributed by atoms with E-state index < -0.39 is 18.1 Å². The fourth-order valence-corrected chi connectivity index (χ4v) is 2.91. The number of nitrogens with zero attached hydrogens (tertiary/aromatic N) is 4. The van der Waals surface area contributed by atoms with E-state index in [0.717, 1.165) is 11.9 Å². The smallest absolute Gasteiger partial charge is 0.438 e. The fourth-order valence-electron chi connectivity index (χ4n) is 2.91. The molecule has 0 saturated carbocycles. The van der Waals surface area contributed by atoms with E-state index in [1.165, 1.54) is 18.2 Å². The van der Waals surface area contributed by atoms with Crippen LogP contribution in [0.5, 0.6) is 17.4 Å². The minimum atomic E-state index is -4.88. The quantitative estimate of drug-likeness (QED) is 0.396. The average molecular weight is 470 g/mol. The summed E-state index contributed by atoms with van der Waals surface area (Å²) in [4.78, 5) is 16.3. The number of anilines is 2. The Morgan fingerprint density at radius 1 is 0.971 bits per heavy atom. The zero-order chi connectivity index (χ0) is 24.1. The van der Waals surface area contributed by atoms with Crippen LogP contribution in [0, 0.1) is 6.92 Å². The van der Waals surface area contributed by atoms with E-state index in [2.05, 4.69) is 30.6 Å². The molecule has 2 aromatic heterocycles. The molecule has 2 heterocycles. The molecule has 4 rings (SSSR count). The van der Waals surface area contributed by atoms with Crippen LogP contribution in [0.25, 0.3) is 5.82 Å². The van der Waals surface area contributed by atoms with Crippen molar-refractivity contribution in [1.82, 2.24) is 19.7 Å². The van der Waals surface area contributed by atoms with Gasteiger partial charge in [0.1, 0.15) is 11.6 Å². The molecular formula is C22H17F3N6O3. The van der Waals surface area contributed by atoms with Crippen molar-refractivity contribution in [3.05, 3.63) is 78.9 Å². The SMILES string of the molecule is Cc1nccn1-c1ccc(Oc2ccc(NC(=O)Nc3ccccc3OC(F)(F)F)cc2)nn1. The zero-order valence-corrected chi connectivity index (χ0v) is 17.6. The normalized spacial score (nSPS) is 11.1. The Balaban J connectivity index is 1.35. The van der Waals surface area contributed by atoms with Gasteiger partial charge < -0.3 is 20.1 Å². The first-order valence-electron chi connectivity index (χ1n) is 9.81. The Hall–Kier alpha value is -4.61. The fraction of sp³-hybridized carbons (Fsp3) is 0.0909. The van der Waals surface area contributed by atoms with Crippen LogP contribution in [0.2, 0.25) is 0 Å². The maximum absolute atomic E-state index is 12.5. The molecule has 2 amide bonds. The van der Waals surface area contributed by atoms with Gasteiger partial charge in [0.15, 0.2) is 11.6 Å². The number of urea groups is 1. The highest BCUT2D eigenvalue weighted by Gasteiger charge is 2.32. The number of ether oxygens (including phenoxy) is 2. The molecule has 12 heteroatoms. The van der Waals surface area contributed by atoms with Crippen molar-refractivity contribution < 1.29 is 27.4 Å². The number of nitrogens with one attached hydrogen (secondary N) is 2. The number of alkyl halides is 3. The number of carbonyl (C=O) groups is 1. The van der Waals surface area contributed by atoms with Crippen molar-refractivity contribution in [1.29, 1.82) is 0 Å². The predicted molar refractivity (Wildman–Crippen MR) is 116 cm³/mol. The summed E-state index contributed by atoms with van der Waals surface area (Å²) < 4.78 is 48.9. The van der Waals surface area contributed by atoms with E-state index in [-0.39, 0.29) is 11.6 Å². The van der Waals surface area contributed by atoms with Gasteiger partial charge in [-0.05, 0) is 49.4 Å². The summed E-state index contributed by atoms with van der Waals surface area (Å²) in [7, 11) is 0. The molecular weight excluding hydrogens is 453 g/mol. The number of amides is 2. The van der Waals surface area contributed by atoms with Crippen molar-refractivity contribution in [2.24, 2.45) is 0 Å². The number of carbonyl (C=O) groups excluding carboxylic acids is 1. The van der Waals surface area contributed by atoms with Crippen LogP contribution in [0.4, 0.5) is 29.3 Å². The van der Waals surface area contributed by atoms with Gasteiger partial charge in [-0.1, -0.05) is 12.1 Å². The summed E-state index contributed by atoms with van der Waals surface area (Å²) in [6, 6.07) is 14.2. The summed E-state index contributed by atoms with van der Waals surface area (Å²) in [5.74, 6) is 1.54. The number of rotatable bonds is 6. The highest BCUT2D eigenvalue weighted by Crippen LogP contribution is 2.30. The third-order valence-electron chi connectivity index (χ3n) is 4.39. The Morgan fingerprint density at radius 3 is 2.38 bits per heavy atom. The summed E-state index contributed by atoms with van der Waals surface area (Å²) in [6.07, 6.45) is -1.46. The maximum atomic E-state index is 12.5. The Bertz CT molecular complexity index is 1270. The summed E-state index contributed by atoms with van der Waals surface area (Å²) in [5.41, 5.74) is 0.251. The third kappa shape index (κ3) is 5.79. The third-order valence-corrected chi connectivity index (χ3v) is 4.39. The molecule has 9 nitrogen and oxygen atoms in total. The second-order valence-corrected chi connectivity index (χ2v) is 6.82. The first-order chi connectivity index (χ1) is 16.3. The second kappa shape index (κ2) is 9.48. The molecule has 0 unspecified atom stereocenters. The molecule has 0 aliphatic rings. The minimum absolute atomic E-state index is 0.134. The lowest BCUT2D eigenvalue weighted by Gasteiger charge is -2.14. The van der Waals surface area contributed by atoms with E-state index in [4.69, 9.17) is 4.74 Å². The van der Waals surface area contributed by atoms with Crippen LogP contribution in [-0.2, 0) is 0 Å². The van der Waals surface area contributed by atoms with Gasteiger partial charge in [0, 0.05) is 24.1 Å². The van der Waals surface area contributed by atoms with Crippen LogP contribution in [0.1, 0.15) is 5.82 Å². The molecule has 2 N–H and O–H groups in total. The van der Waals surface area contributed by atoms with Gasteiger partial charge in [-0.3, -0.25) is 4.57 Å². The molecule has 0 fully saturated rings. The maximum Gasteiger partial charge on any atom is 0.573 e. The van der Waals surface area contributed by atoms with Gasteiger partial charge >= 0.3 is 12.4 Å². The first-order valence-corrected chi connectivity index (χ1v) is 9.81. The Morgan fingerprint density at radius 2 is 1.74 bits per heavy atom. The van der Waals surface area contributed by atoms with Crippen LogP contribution in [-0.4, -0.2) is 32.1 Å². The predicted octanol–water partition coefficient (Wildman–Crippen LogP) is 5.31.